The number of carboxylic acids is 2. The molecule has 1 aromatic heterocycles. The van der Waals surface area contributed by atoms with Crippen molar-refractivity contribution in [3.63, 3.8) is 0 Å². The average molecular weight is 1030 g/mol. The molecule has 0 aliphatic carbocycles. The van der Waals surface area contributed by atoms with Gasteiger partial charge in [0.2, 0.25) is 0 Å². The number of hydrogen-bond donors (Lipinski definition) is 2. The van der Waals surface area contributed by atoms with Crippen LogP contribution in [0.3, 0.4) is 0 Å². The Bertz CT molecular complexity index is 2740. The zero-order valence-electron chi connectivity index (χ0n) is 45.5. The van der Waals surface area contributed by atoms with Crippen LogP contribution in [0.25, 0.3) is 11.4 Å². The number of aliphatic imine (C=N–C) groups is 2. The molecule has 3 aliphatic rings. The number of ether oxygens (including phenoxy) is 2. The van der Waals surface area contributed by atoms with Crippen LogP contribution in [-0.2, 0) is 16.1 Å². The summed E-state index contributed by atoms with van der Waals surface area (Å²) in [6.45, 7) is 23.4. The quantitative estimate of drug-likeness (QED) is 0.0445. The highest BCUT2D eigenvalue weighted by molar-refractivity contribution is 6.10. The lowest BCUT2D eigenvalue weighted by atomic mass is 9.91. The van der Waals surface area contributed by atoms with E-state index in [-0.39, 0.29) is 31.0 Å². The lowest BCUT2D eigenvalue weighted by Gasteiger charge is -2.47. The molecule has 2 N–H and O–H groups in total. The van der Waals surface area contributed by atoms with E-state index in [1.54, 1.807) is 31.6 Å². The summed E-state index contributed by atoms with van der Waals surface area (Å²) >= 11 is 0. The Labute approximate surface area is 450 Å². The molecule has 76 heavy (non-hydrogen) atoms. The Morgan fingerprint density at radius 1 is 0.645 bits per heavy atom. The normalized spacial score (nSPS) is 21.0. The predicted octanol–water partition coefficient (Wildman–Crippen LogP) is 10.1. The number of aliphatic carboxylic acids is 2. The Balaban J connectivity index is 0.000000221. The molecule has 4 aromatic carbocycles. The highest BCUT2D eigenvalue weighted by Crippen LogP contribution is 2.37. The topological polar surface area (TPSA) is 161 Å². The molecule has 404 valence electrons. The Morgan fingerprint density at radius 2 is 1.14 bits per heavy atom. The molecule has 0 saturated carbocycles. The lowest BCUT2D eigenvalue weighted by Crippen LogP contribution is -2.57. The van der Waals surface area contributed by atoms with Gasteiger partial charge in [-0.25, -0.2) is 9.98 Å². The molecular weight excluding hydrogens is 955 g/mol. The minimum absolute atomic E-state index is 0.0114. The molecule has 3 aliphatic heterocycles. The van der Waals surface area contributed by atoms with Crippen molar-refractivity contribution < 1.29 is 29.3 Å². The van der Waals surface area contributed by atoms with E-state index in [0.29, 0.717) is 49.4 Å². The van der Waals surface area contributed by atoms with Crippen LogP contribution in [0.15, 0.2) is 139 Å². The number of unbranched alkanes of at least 4 members (excludes halogenated alkanes) is 2. The van der Waals surface area contributed by atoms with Crippen LogP contribution in [0.2, 0.25) is 0 Å². The second kappa shape index (κ2) is 27.8. The van der Waals surface area contributed by atoms with Crippen molar-refractivity contribution in [3.8, 4) is 22.9 Å². The first-order valence-corrected chi connectivity index (χ1v) is 26.9. The summed E-state index contributed by atoms with van der Waals surface area (Å²) in [4.78, 5) is 45.3. The highest BCUT2D eigenvalue weighted by atomic mass is 16.5. The van der Waals surface area contributed by atoms with Gasteiger partial charge in [-0.2, -0.15) is 5.10 Å². The fourth-order valence-corrected chi connectivity index (χ4v) is 10.9. The van der Waals surface area contributed by atoms with E-state index in [4.69, 9.17) is 19.7 Å². The number of nitrogens with zero attached hydrogens (tertiary/aromatic N) is 9. The SMILES string of the molecule is C=CCN1CC(C)N(C(c2ccc(-c3ncn(CCCCC(=O)O)n3)cc2)c2cccc(OC)c2)CC1C.C=CCN1CC(C)N(C(c2ccc(C3=NC=NC3CCCCC(=O)O)cc2)c2cccc(OC)c2)CC1C. The summed E-state index contributed by atoms with van der Waals surface area (Å²) in [7, 11) is 3.42. The first kappa shape index (κ1) is 56.9. The van der Waals surface area contributed by atoms with Gasteiger partial charge in [-0.05, 0) is 105 Å². The van der Waals surface area contributed by atoms with Gasteiger partial charge in [0, 0.05) is 88.4 Å². The molecule has 2 fully saturated rings. The van der Waals surface area contributed by atoms with Gasteiger partial charge in [0.1, 0.15) is 24.2 Å². The summed E-state index contributed by atoms with van der Waals surface area (Å²) in [5, 5.41) is 22.3. The third-order valence-corrected chi connectivity index (χ3v) is 15.0. The van der Waals surface area contributed by atoms with E-state index in [9.17, 15) is 9.59 Å². The maximum absolute atomic E-state index is 10.8. The van der Waals surface area contributed by atoms with E-state index >= 15 is 0 Å². The van der Waals surface area contributed by atoms with E-state index < -0.39 is 11.9 Å². The maximum Gasteiger partial charge on any atom is 0.303 e. The summed E-state index contributed by atoms with van der Waals surface area (Å²) in [6.07, 6.45) is 11.4. The smallest absolute Gasteiger partial charge is 0.303 e. The van der Waals surface area contributed by atoms with Crippen molar-refractivity contribution >= 4 is 24.0 Å². The number of piperazine rings is 2. The minimum Gasteiger partial charge on any atom is -0.497 e. The van der Waals surface area contributed by atoms with Gasteiger partial charge in [-0.1, -0.05) is 91.4 Å². The summed E-state index contributed by atoms with van der Waals surface area (Å²) in [6, 6.07) is 35.8. The number of carboxylic acid groups (broad SMARTS) is 2. The molecule has 15 nitrogen and oxygen atoms in total. The van der Waals surface area contributed by atoms with Crippen molar-refractivity contribution in [1.82, 2.24) is 34.4 Å². The van der Waals surface area contributed by atoms with Crippen LogP contribution in [-0.4, -0.2) is 152 Å². The van der Waals surface area contributed by atoms with Crippen LogP contribution in [0.1, 0.15) is 113 Å². The van der Waals surface area contributed by atoms with Gasteiger partial charge in [-0.3, -0.25) is 38.9 Å². The van der Waals surface area contributed by atoms with Crippen molar-refractivity contribution in [1.29, 1.82) is 0 Å². The number of hydrogen-bond acceptors (Lipinski definition) is 12. The van der Waals surface area contributed by atoms with Crippen molar-refractivity contribution in [2.45, 2.75) is 121 Å². The molecular formula is C61H79N9O6. The van der Waals surface area contributed by atoms with Gasteiger partial charge in [-0.15, -0.1) is 13.2 Å². The molecule has 7 atom stereocenters. The van der Waals surface area contributed by atoms with Crippen molar-refractivity contribution in [3.05, 3.63) is 157 Å². The fraction of sp³-hybridized carbons (Fsp3) is 0.443. The largest absolute Gasteiger partial charge is 0.497 e. The van der Waals surface area contributed by atoms with Gasteiger partial charge < -0.3 is 19.7 Å². The molecule has 2 saturated heterocycles. The average Bonchev–Trinajstić information content (AvgIpc) is 4.11. The molecule has 0 spiro atoms. The fourth-order valence-electron chi connectivity index (χ4n) is 10.9. The molecule has 8 rings (SSSR count). The molecule has 0 amide bonds. The number of carbonyl (C=O) groups is 2. The number of rotatable bonds is 24. The maximum atomic E-state index is 10.8. The summed E-state index contributed by atoms with van der Waals surface area (Å²) < 4.78 is 12.9. The van der Waals surface area contributed by atoms with Crippen LogP contribution < -0.4 is 9.47 Å². The molecule has 4 heterocycles. The lowest BCUT2D eigenvalue weighted by molar-refractivity contribution is -0.138. The molecule has 5 aromatic rings. The third-order valence-electron chi connectivity index (χ3n) is 15.0. The van der Waals surface area contributed by atoms with Gasteiger partial charge >= 0.3 is 11.9 Å². The molecule has 0 bridgehead atoms. The number of benzene rings is 4. The first-order valence-electron chi connectivity index (χ1n) is 26.9. The third kappa shape index (κ3) is 15.0. The van der Waals surface area contributed by atoms with Gasteiger partial charge in [0.15, 0.2) is 5.82 Å². The van der Waals surface area contributed by atoms with Crippen LogP contribution >= 0.6 is 0 Å². The van der Waals surface area contributed by atoms with Gasteiger partial charge in [0.25, 0.3) is 0 Å². The Kier molecular flexibility index (Phi) is 20.9. The van der Waals surface area contributed by atoms with E-state index in [1.807, 2.05) is 24.3 Å². The molecule has 0 radical (unpaired) electrons. The monoisotopic (exact) mass is 1030 g/mol. The number of aromatic nitrogens is 3. The number of aryl methyl sites for hydroxylation is 1. The second-order valence-corrected chi connectivity index (χ2v) is 20.5. The van der Waals surface area contributed by atoms with Crippen molar-refractivity contribution in [2.75, 3.05) is 53.5 Å². The zero-order chi connectivity index (χ0) is 54.1. The first-order chi connectivity index (χ1) is 36.8. The summed E-state index contributed by atoms with van der Waals surface area (Å²) in [5.41, 5.74) is 7.85. The van der Waals surface area contributed by atoms with E-state index in [0.717, 1.165) is 86.9 Å². The van der Waals surface area contributed by atoms with Crippen molar-refractivity contribution in [2.24, 2.45) is 9.98 Å². The minimum atomic E-state index is -0.765. The van der Waals surface area contributed by atoms with Crippen LogP contribution in [0.5, 0.6) is 11.5 Å². The van der Waals surface area contributed by atoms with E-state index in [1.165, 1.54) is 22.3 Å². The standard InChI is InChI=1S/C31H40N4O3.C30H39N5O3/c1-5-17-34-19-23(3)35(20-22(34)2)31(26-9-8-10-27(18-26)38-4)25-15-13-24(14-16-25)30-28(32-21-33-30)11-6-7-12-29(36)37;1-5-16-33-19-23(3)35(20-22(33)2)29(26-9-8-10-27(18-26)38-4)24-12-14-25(15-13-24)30-31-21-34(32-30)17-7-6-11-28(36)37/h5,8-10,13-16,18,21-23,28,31H,1,6-7,11-12,17,19-20H2,2-4H3,(H,36,37);5,8-10,12-15,18,21-23,29H,1,6-7,11,16-17,19-20H2,2-4H3,(H,36,37). The summed E-state index contributed by atoms with van der Waals surface area (Å²) in [5.74, 6) is 0.874. The second-order valence-electron chi connectivity index (χ2n) is 20.5. The predicted molar refractivity (Wildman–Crippen MR) is 303 cm³/mol. The molecule has 15 heteroatoms. The Hall–Kier alpha value is -6.78. The zero-order valence-corrected chi connectivity index (χ0v) is 45.5. The van der Waals surface area contributed by atoms with Crippen LogP contribution in [0, 0.1) is 0 Å². The highest BCUT2D eigenvalue weighted by Gasteiger charge is 2.36. The van der Waals surface area contributed by atoms with Crippen LogP contribution in [0.4, 0.5) is 0 Å². The Morgan fingerprint density at radius 3 is 1.63 bits per heavy atom. The van der Waals surface area contributed by atoms with E-state index in [2.05, 4.69) is 165 Å². The number of methoxy groups -OCH3 is 2. The molecule has 7 unspecified atom stereocenters. The van der Waals surface area contributed by atoms with Gasteiger partial charge in [0.05, 0.1) is 38.1 Å².